The van der Waals surface area contributed by atoms with E-state index >= 15 is 0 Å². The largest absolute Gasteiger partial charge is 0.449 e. The predicted molar refractivity (Wildman–Crippen MR) is 115 cm³/mol. The minimum Gasteiger partial charge on any atom is -0.449 e. The number of carbonyl (C=O) groups is 3. The molecule has 1 aliphatic rings. The standard InChI is InChI=1S/C24H22N2O4/c1-16(23(28)25-21-9-4-7-17-6-2-3-8-20(17)21)30-24(29)18-11-13-19(14-12-18)26-15-5-10-22(26)27/h2-4,6-9,11-14,16H,5,10,15H2,1H3,(H,25,28)/t16-/m1/s1. The Kier molecular flexibility index (Phi) is 5.48. The molecular formula is C24H22N2O4. The molecule has 0 aliphatic carbocycles. The lowest BCUT2D eigenvalue weighted by molar-refractivity contribution is -0.123. The number of fused-ring (bicyclic) bond motifs is 1. The first-order valence-corrected chi connectivity index (χ1v) is 9.93. The Labute approximate surface area is 174 Å². The van der Waals surface area contributed by atoms with Crippen molar-refractivity contribution in [3.63, 3.8) is 0 Å². The Morgan fingerprint density at radius 2 is 1.73 bits per heavy atom. The van der Waals surface area contributed by atoms with Crippen molar-refractivity contribution < 1.29 is 19.1 Å². The van der Waals surface area contributed by atoms with Crippen LogP contribution in [0.3, 0.4) is 0 Å². The highest BCUT2D eigenvalue weighted by atomic mass is 16.5. The monoisotopic (exact) mass is 402 g/mol. The molecule has 1 atom stereocenters. The number of nitrogens with zero attached hydrogens (tertiary/aromatic N) is 1. The van der Waals surface area contributed by atoms with Gasteiger partial charge in [0.25, 0.3) is 5.91 Å². The van der Waals surface area contributed by atoms with Crippen LogP contribution < -0.4 is 10.2 Å². The van der Waals surface area contributed by atoms with Crippen molar-refractivity contribution in [3.8, 4) is 0 Å². The van der Waals surface area contributed by atoms with E-state index in [0.717, 1.165) is 22.9 Å². The van der Waals surface area contributed by atoms with Gasteiger partial charge in [-0.25, -0.2) is 4.79 Å². The lowest BCUT2D eigenvalue weighted by Crippen LogP contribution is -2.30. The normalized spacial score (nSPS) is 14.6. The van der Waals surface area contributed by atoms with Crippen LogP contribution in [0, 0.1) is 0 Å². The maximum absolute atomic E-state index is 12.6. The van der Waals surface area contributed by atoms with Crippen molar-refractivity contribution >= 4 is 39.9 Å². The van der Waals surface area contributed by atoms with Gasteiger partial charge in [0.15, 0.2) is 6.10 Å². The van der Waals surface area contributed by atoms with Crippen molar-refractivity contribution in [1.29, 1.82) is 0 Å². The summed E-state index contributed by atoms with van der Waals surface area (Å²) >= 11 is 0. The number of hydrogen-bond donors (Lipinski definition) is 1. The molecule has 3 aromatic rings. The third kappa shape index (κ3) is 4.03. The van der Waals surface area contributed by atoms with Crippen LogP contribution in [0.5, 0.6) is 0 Å². The highest BCUT2D eigenvalue weighted by Crippen LogP contribution is 2.24. The van der Waals surface area contributed by atoms with Gasteiger partial charge in [0.05, 0.1) is 5.56 Å². The molecule has 6 nitrogen and oxygen atoms in total. The zero-order valence-electron chi connectivity index (χ0n) is 16.6. The number of rotatable bonds is 5. The molecule has 0 radical (unpaired) electrons. The topological polar surface area (TPSA) is 75.7 Å². The summed E-state index contributed by atoms with van der Waals surface area (Å²) in [6, 6.07) is 20.0. The second kappa shape index (κ2) is 8.37. The van der Waals surface area contributed by atoms with Crippen molar-refractivity contribution in [2.45, 2.75) is 25.9 Å². The lowest BCUT2D eigenvalue weighted by atomic mass is 10.1. The van der Waals surface area contributed by atoms with Crippen molar-refractivity contribution in [2.75, 3.05) is 16.8 Å². The summed E-state index contributed by atoms with van der Waals surface area (Å²) < 4.78 is 5.34. The zero-order valence-corrected chi connectivity index (χ0v) is 16.6. The molecule has 4 rings (SSSR count). The summed E-state index contributed by atoms with van der Waals surface area (Å²) in [7, 11) is 0. The Morgan fingerprint density at radius 3 is 2.47 bits per heavy atom. The van der Waals surface area contributed by atoms with Crippen molar-refractivity contribution in [3.05, 3.63) is 72.3 Å². The molecule has 0 bridgehead atoms. The average Bonchev–Trinajstić information content (AvgIpc) is 3.20. The molecule has 1 saturated heterocycles. The van der Waals surface area contributed by atoms with Crippen LogP contribution in [0.1, 0.15) is 30.1 Å². The number of hydrogen-bond acceptors (Lipinski definition) is 4. The quantitative estimate of drug-likeness (QED) is 0.651. The summed E-state index contributed by atoms with van der Waals surface area (Å²) in [6.45, 7) is 2.23. The Bertz CT molecular complexity index is 1100. The van der Waals surface area contributed by atoms with Crippen LogP contribution in [0.25, 0.3) is 10.8 Å². The maximum atomic E-state index is 12.6. The van der Waals surface area contributed by atoms with E-state index in [0.29, 0.717) is 24.2 Å². The highest BCUT2D eigenvalue weighted by molar-refractivity contribution is 6.04. The molecule has 1 heterocycles. The van der Waals surface area contributed by atoms with Gasteiger partial charge in [0.1, 0.15) is 0 Å². The molecule has 0 unspecified atom stereocenters. The van der Waals surface area contributed by atoms with Gasteiger partial charge in [-0.05, 0) is 49.1 Å². The highest BCUT2D eigenvalue weighted by Gasteiger charge is 2.23. The van der Waals surface area contributed by atoms with E-state index in [1.54, 1.807) is 29.2 Å². The summed E-state index contributed by atoms with van der Waals surface area (Å²) in [4.78, 5) is 38.5. The Hall–Kier alpha value is -3.67. The number of benzene rings is 3. The van der Waals surface area contributed by atoms with Crippen LogP contribution in [-0.2, 0) is 14.3 Å². The van der Waals surface area contributed by atoms with Crippen LogP contribution in [0.2, 0.25) is 0 Å². The minimum atomic E-state index is -0.962. The number of carbonyl (C=O) groups excluding carboxylic acids is 3. The molecular weight excluding hydrogens is 380 g/mol. The molecule has 2 amide bonds. The van der Waals surface area contributed by atoms with Gasteiger partial charge in [-0.2, -0.15) is 0 Å². The SMILES string of the molecule is C[C@@H](OC(=O)c1ccc(N2CCCC2=O)cc1)C(=O)Nc1cccc2ccccc12. The number of nitrogens with one attached hydrogen (secondary N) is 1. The second-order valence-electron chi connectivity index (χ2n) is 7.26. The molecule has 0 aromatic heterocycles. The van der Waals surface area contributed by atoms with E-state index in [2.05, 4.69) is 5.32 Å². The van der Waals surface area contributed by atoms with Crippen molar-refractivity contribution in [1.82, 2.24) is 0 Å². The van der Waals surface area contributed by atoms with Gasteiger partial charge in [-0.3, -0.25) is 9.59 Å². The number of esters is 1. The summed E-state index contributed by atoms with van der Waals surface area (Å²) in [6.07, 6.45) is 0.426. The zero-order chi connectivity index (χ0) is 21.1. The predicted octanol–water partition coefficient (Wildman–Crippen LogP) is 4.15. The van der Waals surface area contributed by atoms with Crippen molar-refractivity contribution in [2.24, 2.45) is 0 Å². The Morgan fingerprint density at radius 1 is 1.00 bits per heavy atom. The Balaban J connectivity index is 1.40. The van der Waals surface area contributed by atoms with Gasteiger partial charge < -0.3 is 15.0 Å². The first-order chi connectivity index (χ1) is 14.5. The smallest absolute Gasteiger partial charge is 0.338 e. The summed E-state index contributed by atoms with van der Waals surface area (Å²) in [5, 5.41) is 4.76. The molecule has 0 spiro atoms. The number of ether oxygens (including phenoxy) is 1. The number of anilines is 2. The van der Waals surface area contributed by atoms with E-state index in [4.69, 9.17) is 4.74 Å². The van der Waals surface area contributed by atoms with Gasteiger partial charge in [0, 0.05) is 29.7 Å². The van der Waals surface area contributed by atoms with Gasteiger partial charge in [0.2, 0.25) is 5.91 Å². The van der Waals surface area contributed by atoms with E-state index in [1.807, 2.05) is 42.5 Å². The molecule has 30 heavy (non-hydrogen) atoms. The fourth-order valence-electron chi connectivity index (χ4n) is 3.55. The number of amides is 2. The van der Waals surface area contributed by atoms with Gasteiger partial charge >= 0.3 is 5.97 Å². The molecule has 152 valence electrons. The molecule has 0 saturated carbocycles. The van der Waals surface area contributed by atoms with E-state index in [9.17, 15) is 14.4 Å². The molecule has 3 aromatic carbocycles. The van der Waals surface area contributed by atoms with Gasteiger partial charge in [-0.1, -0.05) is 36.4 Å². The van der Waals surface area contributed by atoms with Crippen LogP contribution in [0.15, 0.2) is 66.7 Å². The first-order valence-electron chi connectivity index (χ1n) is 9.93. The molecule has 1 aliphatic heterocycles. The van der Waals surface area contributed by atoms with E-state index in [-0.39, 0.29) is 5.91 Å². The van der Waals surface area contributed by atoms with Crippen LogP contribution >= 0.6 is 0 Å². The third-order valence-electron chi connectivity index (χ3n) is 5.19. The fraction of sp³-hybridized carbons (Fsp3) is 0.208. The van der Waals surface area contributed by atoms with Crippen LogP contribution in [-0.4, -0.2) is 30.4 Å². The summed E-state index contributed by atoms with van der Waals surface area (Å²) in [5.74, 6) is -0.905. The molecule has 1 fully saturated rings. The third-order valence-corrected chi connectivity index (χ3v) is 5.19. The maximum Gasteiger partial charge on any atom is 0.338 e. The lowest BCUT2D eigenvalue weighted by Gasteiger charge is -2.17. The van der Waals surface area contributed by atoms with E-state index < -0.39 is 18.0 Å². The summed E-state index contributed by atoms with van der Waals surface area (Å²) in [5.41, 5.74) is 1.76. The fourth-order valence-corrected chi connectivity index (χ4v) is 3.55. The molecule has 1 N–H and O–H groups in total. The van der Waals surface area contributed by atoms with Crippen LogP contribution in [0.4, 0.5) is 11.4 Å². The van der Waals surface area contributed by atoms with E-state index in [1.165, 1.54) is 6.92 Å². The minimum absolute atomic E-state index is 0.0871. The first kappa shape index (κ1) is 19.6. The van der Waals surface area contributed by atoms with Gasteiger partial charge in [-0.15, -0.1) is 0 Å². The molecule has 6 heteroatoms. The second-order valence-corrected chi connectivity index (χ2v) is 7.26. The average molecular weight is 402 g/mol.